The summed E-state index contributed by atoms with van der Waals surface area (Å²) >= 11 is 0. The Balaban J connectivity index is 1.98. The number of aliphatic hydroxyl groups excluding tert-OH is 1. The Hall–Kier alpha value is -3.06. The van der Waals surface area contributed by atoms with Gasteiger partial charge in [0.1, 0.15) is 29.1 Å². The van der Waals surface area contributed by atoms with Crippen LogP contribution < -0.4 is 9.64 Å². The first-order valence-corrected chi connectivity index (χ1v) is 10.7. The van der Waals surface area contributed by atoms with Crippen LogP contribution in [0.2, 0.25) is 0 Å². The number of carbonyl (C=O) groups excluding carboxylic acids is 2. The molecule has 1 aliphatic rings. The van der Waals surface area contributed by atoms with Crippen LogP contribution >= 0.6 is 0 Å². The molecule has 31 heavy (non-hydrogen) atoms. The maximum absolute atomic E-state index is 12.9. The van der Waals surface area contributed by atoms with Crippen LogP contribution in [0.5, 0.6) is 5.75 Å². The second kappa shape index (κ2) is 9.83. The van der Waals surface area contributed by atoms with Gasteiger partial charge in [0, 0.05) is 18.5 Å². The van der Waals surface area contributed by atoms with Gasteiger partial charge in [-0.15, -0.1) is 0 Å². The third-order valence-corrected chi connectivity index (χ3v) is 5.25. The summed E-state index contributed by atoms with van der Waals surface area (Å²) < 4.78 is 11.4. The molecule has 0 spiro atoms. The van der Waals surface area contributed by atoms with Crippen molar-refractivity contribution in [2.24, 2.45) is 0 Å². The van der Waals surface area contributed by atoms with Crippen molar-refractivity contribution in [3.05, 3.63) is 59.1 Å². The Kier molecular flexibility index (Phi) is 7.17. The normalized spacial score (nSPS) is 18.2. The van der Waals surface area contributed by atoms with Crippen molar-refractivity contribution in [1.29, 1.82) is 0 Å². The molecule has 166 valence electrons. The van der Waals surface area contributed by atoms with Gasteiger partial charge in [-0.1, -0.05) is 6.92 Å². The van der Waals surface area contributed by atoms with Crippen molar-refractivity contribution in [1.82, 2.24) is 4.90 Å². The summed E-state index contributed by atoms with van der Waals surface area (Å²) in [5, 5.41) is 11.0. The summed E-state index contributed by atoms with van der Waals surface area (Å²) in [6, 6.07) is 9.66. The second-order valence-corrected chi connectivity index (χ2v) is 8.12. The first kappa shape index (κ1) is 22.6. The first-order chi connectivity index (χ1) is 14.8. The van der Waals surface area contributed by atoms with Crippen LogP contribution in [0.15, 0.2) is 46.4 Å². The molecule has 0 aliphatic carbocycles. The number of ether oxygens (including phenoxy) is 1. The Labute approximate surface area is 182 Å². The van der Waals surface area contributed by atoms with Gasteiger partial charge in [-0.25, -0.2) is 0 Å². The van der Waals surface area contributed by atoms with E-state index in [4.69, 9.17) is 9.15 Å². The van der Waals surface area contributed by atoms with E-state index < -0.39 is 17.7 Å². The average molecular weight is 428 g/mol. The Morgan fingerprint density at radius 3 is 2.45 bits per heavy atom. The minimum absolute atomic E-state index is 0.0544. The van der Waals surface area contributed by atoms with E-state index in [1.54, 1.807) is 43.3 Å². The van der Waals surface area contributed by atoms with Crippen molar-refractivity contribution in [3.63, 3.8) is 0 Å². The summed E-state index contributed by atoms with van der Waals surface area (Å²) in [4.78, 5) is 28.6. The largest absolute Gasteiger partial charge is 0.507 e. The third-order valence-electron chi connectivity index (χ3n) is 5.25. The summed E-state index contributed by atoms with van der Waals surface area (Å²) in [5.74, 6) is 0.315. The van der Waals surface area contributed by atoms with Crippen LogP contribution in [0.25, 0.3) is 5.76 Å². The van der Waals surface area contributed by atoms with E-state index in [0.717, 1.165) is 19.4 Å². The highest BCUT2D eigenvalue weighted by atomic mass is 16.5. The van der Waals surface area contributed by atoms with Gasteiger partial charge in [-0.05, 0) is 49.7 Å². The SMILES string of the molecule is CCCOc1ccc(C(O)=C2C(=O)C(=O)N(CCC[NH+](C)C)[C@H]2c2ccc(C)o2)cc1. The molecule has 1 aromatic carbocycles. The molecule has 2 aromatic rings. The van der Waals surface area contributed by atoms with Crippen LogP contribution in [0, 0.1) is 6.92 Å². The Bertz CT molecular complexity index is 959. The minimum atomic E-state index is -0.748. The molecule has 1 aliphatic heterocycles. The number of nitrogens with one attached hydrogen (secondary N) is 1. The summed E-state index contributed by atoms with van der Waals surface area (Å²) in [6.45, 7) is 5.69. The van der Waals surface area contributed by atoms with Gasteiger partial charge < -0.3 is 24.1 Å². The van der Waals surface area contributed by atoms with Crippen molar-refractivity contribution >= 4 is 17.4 Å². The summed E-state index contributed by atoms with van der Waals surface area (Å²) in [6.07, 6.45) is 1.62. The number of ketones is 1. The number of amides is 1. The third kappa shape index (κ3) is 4.99. The summed E-state index contributed by atoms with van der Waals surface area (Å²) in [5.41, 5.74) is 0.506. The molecular formula is C24H31N2O5+. The van der Waals surface area contributed by atoms with Crippen LogP contribution in [-0.4, -0.2) is 55.5 Å². The molecule has 7 nitrogen and oxygen atoms in total. The van der Waals surface area contributed by atoms with Gasteiger partial charge in [0.05, 0.1) is 32.8 Å². The molecule has 0 unspecified atom stereocenters. The number of rotatable bonds is 9. The molecule has 7 heteroatoms. The maximum atomic E-state index is 12.9. The predicted molar refractivity (Wildman–Crippen MR) is 117 cm³/mol. The highest BCUT2D eigenvalue weighted by Gasteiger charge is 2.47. The number of hydrogen-bond acceptors (Lipinski definition) is 5. The lowest BCUT2D eigenvalue weighted by molar-refractivity contribution is -0.858. The first-order valence-electron chi connectivity index (χ1n) is 10.7. The van der Waals surface area contributed by atoms with Gasteiger partial charge >= 0.3 is 0 Å². The number of carbonyl (C=O) groups is 2. The van der Waals surface area contributed by atoms with Crippen molar-refractivity contribution in [2.45, 2.75) is 32.7 Å². The lowest BCUT2D eigenvalue weighted by atomic mass is 9.99. The number of benzene rings is 1. The number of aliphatic hydroxyl groups is 1. The second-order valence-electron chi connectivity index (χ2n) is 8.12. The zero-order valence-electron chi connectivity index (χ0n) is 18.6. The fourth-order valence-electron chi connectivity index (χ4n) is 3.69. The number of quaternary nitrogens is 1. The quantitative estimate of drug-likeness (QED) is 0.365. The molecule has 2 heterocycles. The number of nitrogens with zero attached hydrogens (tertiary/aromatic N) is 1. The van der Waals surface area contributed by atoms with Gasteiger partial charge in [0.2, 0.25) is 0 Å². The molecule has 1 saturated heterocycles. The van der Waals surface area contributed by atoms with E-state index in [-0.39, 0.29) is 11.3 Å². The molecule has 0 radical (unpaired) electrons. The van der Waals surface area contributed by atoms with E-state index in [1.807, 2.05) is 21.0 Å². The van der Waals surface area contributed by atoms with E-state index >= 15 is 0 Å². The van der Waals surface area contributed by atoms with Crippen molar-refractivity contribution in [3.8, 4) is 5.75 Å². The predicted octanol–water partition coefficient (Wildman–Crippen LogP) is 2.33. The van der Waals surface area contributed by atoms with E-state index in [0.29, 0.717) is 36.0 Å². The van der Waals surface area contributed by atoms with Crippen LogP contribution in [-0.2, 0) is 9.59 Å². The molecule has 1 amide bonds. The fraction of sp³-hybridized carbons (Fsp3) is 0.417. The Morgan fingerprint density at radius 1 is 1.16 bits per heavy atom. The minimum Gasteiger partial charge on any atom is -0.507 e. The van der Waals surface area contributed by atoms with E-state index in [2.05, 4.69) is 0 Å². The number of aryl methyl sites for hydroxylation is 1. The molecule has 2 N–H and O–H groups in total. The molecule has 0 saturated carbocycles. The van der Waals surface area contributed by atoms with Gasteiger partial charge in [0.15, 0.2) is 0 Å². The lowest BCUT2D eigenvalue weighted by Crippen LogP contribution is -3.05. The van der Waals surface area contributed by atoms with Gasteiger partial charge in [0.25, 0.3) is 11.7 Å². The van der Waals surface area contributed by atoms with Gasteiger partial charge in [-0.2, -0.15) is 0 Å². The highest BCUT2D eigenvalue weighted by molar-refractivity contribution is 6.46. The van der Waals surface area contributed by atoms with Crippen molar-refractivity contribution in [2.75, 3.05) is 33.8 Å². The molecule has 1 atom stereocenters. The van der Waals surface area contributed by atoms with Crippen LogP contribution in [0.1, 0.15) is 42.9 Å². The van der Waals surface area contributed by atoms with Crippen molar-refractivity contribution < 1.29 is 28.7 Å². The van der Waals surface area contributed by atoms with Gasteiger partial charge in [-0.3, -0.25) is 9.59 Å². The van der Waals surface area contributed by atoms with E-state index in [9.17, 15) is 14.7 Å². The number of Topliss-reactive ketones (excluding diaryl/α,β-unsaturated/α-hetero) is 1. The zero-order chi connectivity index (χ0) is 22.5. The number of likely N-dealkylation sites (tertiary alicyclic amines) is 1. The standard InChI is InChI=1S/C24H30N2O5/c1-5-15-30-18-10-8-17(9-11-18)22(27)20-21(19-12-7-16(2)31-19)26(24(29)23(20)28)14-6-13-25(3)4/h7-12,21,27H,5-6,13-15H2,1-4H3/p+1/t21-/m0/s1. The molecule has 3 rings (SSSR count). The average Bonchev–Trinajstić information content (AvgIpc) is 3.28. The molecular weight excluding hydrogens is 396 g/mol. The van der Waals surface area contributed by atoms with Crippen LogP contribution in [0.4, 0.5) is 0 Å². The maximum Gasteiger partial charge on any atom is 0.295 e. The molecule has 1 aromatic heterocycles. The zero-order valence-corrected chi connectivity index (χ0v) is 18.6. The monoisotopic (exact) mass is 427 g/mol. The van der Waals surface area contributed by atoms with E-state index in [1.165, 1.54) is 9.80 Å². The number of furan rings is 1. The molecule has 0 bridgehead atoms. The topological polar surface area (TPSA) is 84.4 Å². The Morgan fingerprint density at radius 2 is 1.87 bits per heavy atom. The smallest absolute Gasteiger partial charge is 0.295 e. The molecule has 1 fully saturated rings. The lowest BCUT2D eigenvalue weighted by Gasteiger charge is -2.23. The number of hydrogen-bond donors (Lipinski definition) is 2. The highest BCUT2D eigenvalue weighted by Crippen LogP contribution is 2.40. The van der Waals surface area contributed by atoms with Crippen LogP contribution in [0.3, 0.4) is 0 Å². The summed E-state index contributed by atoms with van der Waals surface area (Å²) in [7, 11) is 4.07. The fourth-order valence-corrected chi connectivity index (χ4v) is 3.69.